The van der Waals surface area contributed by atoms with E-state index in [0.29, 0.717) is 32.6 Å². The van der Waals surface area contributed by atoms with Gasteiger partial charge in [0.2, 0.25) is 11.8 Å². The second-order valence-corrected chi connectivity index (χ2v) is 9.66. The fraction of sp³-hybridized carbons (Fsp3) is 0.600. The lowest BCUT2D eigenvalue weighted by molar-refractivity contribution is -0.141. The Morgan fingerprint density at radius 2 is 1.82 bits per heavy atom. The molecule has 34 heavy (non-hydrogen) atoms. The van der Waals surface area contributed by atoms with Crippen molar-refractivity contribution in [3.05, 3.63) is 29.8 Å². The number of carbonyl (C=O) groups excluding carboxylic acids is 4. The number of piperazine rings is 1. The van der Waals surface area contributed by atoms with E-state index in [9.17, 15) is 19.2 Å². The normalized spacial score (nSPS) is 25.5. The van der Waals surface area contributed by atoms with Crippen LogP contribution < -0.4 is 10.6 Å². The number of benzene rings is 1. The van der Waals surface area contributed by atoms with Crippen molar-refractivity contribution in [3.8, 4) is 0 Å². The standard InChI is InChI=1S/C25H35N5O4/c1-3-19-9-4-5-10-20(19)26-21(31)16-28-12-14-29(15-13-28)22(32)17-30-23(33)25(27-24(30)34)11-7-6-8-18(25)2/h4-5,9-10,18H,3,6-8,11-17H2,1-2H3,(H,26,31)(H,27,34). The van der Waals surface area contributed by atoms with Crippen molar-refractivity contribution in [2.24, 2.45) is 5.92 Å². The molecule has 1 aliphatic carbocycles. The van der Waals surface area contributed by atoms with Gasteiger partial charge in [0.25, 0.3) is 5.91 Å². The van der Waals surface area contributed by atoms with Crippen molar-refractivity contribution in [1.29, 1.82) is 0 Å². The number of urea groups is 1. The molecule has 0 aromatic heterocycles. The van der Waals surface area contributed by atoms with Crippen LogP contribution >= 0.6 is 0 Å². The van der Waals surface area contributed by atoms with Gasteiger partial charge < -0.3 is 15.5 Å². The molecule has 3 fully saturated rings. The monoisotopic (exact) mass is 469 g/mol. The van der Waals surface area contributed by atoms with E-state index in [4.69, 9.17) is 0 Å². The Balaban J connectivity index is 1.26. The van der Waals surface area contributed by atoms with Crippen LogP contribution in [0.2, 0.25) is 0 Å². The van der Waals surface area contributed by atoms with E-state index in [1.54, 1.807) is 4.90 Å². The highest BCUT2D eigenvalue weighted by atomic mass is 16.2. The molecule has 1 saturated carbocycles. The fourth-order valence-corrected chi connectivity index (χ4v) is 5.37. The lowest BCUT2D eigenvalue weighted by Gasteiger charge is -2.37. The molecule has 1 aromatic carbocycles. The van der Waals surface area contributed by atoms with Gasteiger partial charge in [-0.25, -0.2) is 4.79 Å². The number of nitrogens with zero attached hydrogens (tertiary/aromatic N) is 3. The van der Waals surface area contributed by atoms with Crippen molar-refractivity contribution >= 4 is 29.4 Å². The zero-order valence-electron chi connectivity index (χ0n) is 20.1. The molecule has 9 nitrogen and oxygen atoms in total. The minimum absolute atomic E-state index is 0.0665. The summed E-state index contributed by atoms with van der Waals surface area (Å²) in [5.74, 6) is -0.505. The van der Waals surface area contributed by atoms with Gasteiger partial charge in [0.1, 0.15) is 12.1 Å². The average Bonchev–Trinajstić information content (AvgIpc) is 3.06. The van der Waals surface area contributed by atoms with Gasteiger partial charge in [0.05, 0.1) is 6.54 Å². The van der Waals surface area contributed by atoms with E-state index in [1.807, 2.05) is 36.1 Å². The van der Waals surface area contributed by atoms with Crippen LogP contribution in [-0.4, -0.2) is 83.3 Å². The Bertz CT molecular complexity index is 958. The summed E-state index contributed by atoms with van der Waals surface area (Å²) in [4.78, 5) is 55.9. The molecule has 2 atom stereocenters. The summed E-state index contributed by atoms with van der Waals surface area (Å²) in [7, 11) is 0. The number of aryl methyl sites for hydroxylation is 1. The Kier molecular flexibility index (Phi) is 7.21. The van der Waals surface area contributed by atoms with E-state index < -0.39 is 11.6 Å². The van der Waals surface area contributed by atoms with E-state index in [2.05, 4.69) is 17.6 Å². The van der Waals surface area contributed by atoms with Crippen molar-refractivity contribution in [1.82, 2.24) is 20.0 Å². The van der Waals surface area contributed by atoms with Crippen LogP contribution in [0.15, 0.2) is 24.3 Å². The molecular formula is C25H35N5O4. The predicted octanol–water partition coefficient (Wildman–Crippen LogP) is 1.83. The maximum Gasteiger partial charge on any atom is 0.325 e. The van der Waals surface area contributed by atoms with Gasteiger partial charge in [-0.3, -0.25) is 24.2 Å². The van der Waals surface area contributed by atoms with E-state index in [-0.39, 0.29) is 36.7 Å². The zero-order chi connectivity index (χ0) is 24.3. The Morgan fingerprint density at radius 3 is 2.53 bits per heavy atom. The minimum atomic E-state index is -0.849. The second kappa shape index (κ2) is 10.1. The second-order valence-electron chi connectivity index (χ2n) is 9.66. The lowest BCUT2D eigenvalue weighted by atomic mass is 9.73. The number of para-hydroxylation sites is 1. The molecule has 2 aliphatic heterocycles. The quantitative estimate of drug-likeness (QED) is 0.619. The summed E-state index contributed by atoms with van der Waals surface area (Å²) < 4.78 is 0. The fourth-order valence-electron chi connectivity index (χ4n) is 5.37. The van der Waals surface area contributed by atoms with Crippen LogP contribution in [0.1, 0.15) is 45.1 Å². The summed E-state index contributed by atoms with van der Waals surface area (Å²) in [5, 5.41) is 5.88. The molecule has 9 heteroatoms. The molecule has 2 unspecified atom stereocenters. The molecule has 2 heterocycles. The van der Waals surface area contributed by atoms with Gasteiger partial charge in [0, 0.05) is 31.9 Å². The van der Waals surface area contributed by atoms with Gasteiger partial charge >= 0.3 is 6.03 Å². The maximum atomic E-state index is 13.1. The Morgan fingerprint density at radius 1 is 1.09 bits per heavy atom. The first kappa shape index (κ1) is 24.2. The molecule has 2 N–H and O–H groups in total. The number of carbonyl (C=O) groups is 4. The van der Waals surface area contributed by atoms with Crippen LogP contribution in [0.3, 0.4) is 0 Å². The third kappa shape index (κ3) is 4.80. The minimum Gasteiger partial charge on any atom is -0.339 e. The molecule has 3 aliphatic rings. The van der Waals surface area contributed by atoms with E-state index in [1.165, 1.54) is 0 Å². The van der Waals surface area contributed by atoms with Gasteiger partial charge in [-0.15, -0.1) is 0 Å². The van der Waals surface area contributed by atoms with Crippen LogP contribution in [0.25, 0.3) is 0 Å². The molecule has 4 rings (SSSR count). The topological polar surface area (TPSA) is 102 Å². The predicted molar refractivity (Wildman–Crippen MR) is 128 cm³/mol. The number of amides is 5. The number of nitrogens with one attached hydrogen (secondary N) is 2. The van der Waals surface area contributed by atoms with Gasteiger partial charge in [-0.2, -0.15) is 0 Å². The zero-order valence-corrected chi connectivity index (χ0v) is 20.1. The number of hydrogen-bond acceptors (Lipinski definition) is 5. The number of rotatable bonds is 6. The molecule has 0 radical (unpaired) electrons. The smallest absolute Gasteiger partial charge is 0.325 e. The highest BCUT2D eigenvalue weighted by molar-refractivity contribution is 6.09. The molecule has 0 bridgehead atoms. The van der Waals surface area contributed by atoms with Gasteiger partial charge in [-0.1, -0.05) is 44.9 Å². The first-order chi connectivity index (χ1) is 16.3. The number of anilines is 1. The summed E-state index contributed by atoms with van der Waals surface area (Å²) in [6.45, 7) is 6.13. The van der Waals surface area contributed by atoms with E-state index in [0.717, 1.165) is 41.8 Å². The van der Waals surface area contributed by atoms with Crippen LogP contribution in [0.4, 0.5) is 10.5 Å². The third-order valence-corrected chi connectivity index (χ3v) is 7.56. The SMILES string of the molecule is CCc1ccccc1NC(=O)CN1CCN(C(=O)CN2C(=O)NC3(CCCCC3C)C2=O)CC1. The van der Waals surface area contributed by atoms with Gasteiger partial charge in [-0.05, 0) is 36.8 Å². The highest BCUT2D eigenvalue weighted by Gasteiger charge is 2.55. The molecule has 2 saturated heterocycles. The molecular weight excluding hydrogens is 434 g/mol. The van der Waals surface area contributed by atoms with E-state index >= 15 is 0 Å². The van der Waals surface area contributed by atoms with Crippen molar-refractivity contribution in [2.45, 2.75) is 51.5 Å². The van der Waals surface area contributed by atoms with Crippen LogP contribution in [0.5, 0.6) is 0 Å². The van der Waals surface area contributed by atoms with Crippen molar-refractivity contribution in [2.75, 3.05) is 44.6 Å². The lowest BCUT2D eigenvalue weighted by Crippen LogP contribution is -2.55. The number of hydrogen-bond donors (Lipinski definition) is 2. The summed E-state index contributed by atoms with van der Waals surface area (Å²) >= 11 is 0. The summed E-state index contributed by atoms with van der Waals surface area (Å²) in [6.07, 6.45) is 4.32. The van der Waals surface area contributed by atoms with Gasteiger partial charge in [0.15, 0.2) is 0 Å². The maximum absolute atomic E-state index is 13.1. The summed E-state index contributed by atoms with van der Waals surface area (Å²) in [6, 6.07) is 7.31. The number of imide groups is 1. The average molecular weight is 470 g/mol. The first-order valence-electron chi connectivity index (χ1n) is 12.4. The largest absolute Gasteiger partial charge is 0.339 e. The van der Waals surface area contributed by atoms with Crippen LogP contribution in [0, 0.1) is 5.92 Å². The molecule has 1 spiro atoms. The highest BCUT2D eigenvalue weighted by Crippen LogP contribution is 2.38. The Labute approximate surface area is 200 Å². The Hall–Kier alpha value is -2.94. The molecule has 5 amide bonds. The molecule has 1 aromatic rings. The first-order valence-corrected chi connectivity index (χ1v) is 12.4. The van der Waals surface area contributed by atoms with Crippen molar-refractivity contribution < 1.29 is 19.2 Å². The molecule has 184 valence electrons. The third-order valence-electron chi connectivity index (χ3n) is 7.56. The summed E-state index contributed by atoms with van der Waals surface area (Å²) in [5.41, 5.74) is 1.08. The van der Waals surface area contributed by atoms with Crippen molar-refractivity contribution in [3.63, 3.8) is 0 Å². The van der Waals surface area contributed by atoms with Crippen LogP contribution in [-0.2, 0) is 20.8 Å².